The number of hydrogen-bond acceptors (Lipinski definition) is 4. The summed E-state index contributed by atoms with van der Waals surface area (Å²) in [7, 11) is 5.12. The molecule has 5 heteroatoms. The van der Waals surface area contributed by atoms with E-state index < -0.39 is 0 Å². The Labute approximate surface area is 129 Å². The molecule has 0 saturated carbocycles. The summed E-state index contributed by atoms with van der Waals surface area (Å²) in [6.07, 6.45) is 0.802. The van der Waals surface area contributed by atoms with Crippen molar-refractivity contribution in [1.29, 1.82) is 0 Å². The molecule has 4 nitrogen and oxygen atoms in total. The first-order valence-corrected chi connectivity index (χ1v) is 7.77. The van der Waals surface area contributed by atoms with Crippen LogP contribution < -0.4 is 9.47 Å². The van der Waals surface area contributed by atoms with E-state index in [0.717, 1.165) is 35.7 Å². The first kappa shape index (κ1) is 15.7. The van der Waals surface area contributed by atoms with Crippen LogP contribution in [0.3, 0.4) is 0 Å². The third-order valence-corrected chi connectivity index (χ3v) is 4.22. The van der Waals surface area contributed by atoms with Crippen LogP contribution in [0.25, 0.3) is 0 Å². The zero-order valence-corrected chi connectivity index (χ0v) is 14.3. The summed E-state index contributed by atoms with van der Waals surface area (Å²) in [5.74, 6) is 1.76. The Balaban J connectivity index is 2.61. The third-order valence-electron chi connectivity index (χ3n) is 3.65. The molecule has 2 unspecified atom stereocenters. The molecular weight excluding hydrogens is 319 g/mol. The van der Waals surface area contributed by atoms with E-state index in [1.54, 1.807) is 21.3 Å². The van der Waals surface area contributed by atoms with Crippen LogP contribution in [0.2, 0.25) is 4.71 Å². The van der Waals surface area contributed by atoms with Gasteiger partial charge in [-0.1, -0.05) is 0 Å². The molecule has 0 spiro atoms. The van der Waals surface area contributed by atoms with Gasteiger partial charge in [0.25, 0.3) is 0 Å². The molecule has 0 amide bonds. The van der Waals surface area contributed by atoms with Gasteiger partial charge in [-0.3, -0.25) is 0 Å². The van der Waals surface area contributed by atoms with Crippen molar-refractivity contribution in [2.24, 2.45) is 0 Å². The van der Waals surface area contributed by atoms with Gasteiger partial charge in [-0.05, 0) is 0 Å². The average Bonchev–Trinajstić information content (AvgIpc) is 2.46. The van der Waals surface area contributed by atoms with E-state index in [-0.39, 0.29) is 10.8 Å². The van der Waals surface area contributed by atoms with E-state index in [9.17, 15) is 0 Å². The number of rotatable bonds is 5. The molecule has 0 fully saturated rings. The van der Waals surface area contributed by atoms with Gasteiger partial charge in [-0.25, -0.2) is 0 Å². The summed E-state index contributed by atoms with van der Waals surface area (Å²) in [6, 6.07) is 2.04. The van der Waals surface area contributed by atoms with Crippen LogP contribution in [0.5, 0.6) is 11.5 Å². The zero-order valence-electron chi connectivity index (χ0n) is 12.4. The second-order valence-electron chi connectivity index (χ2n) is 4.86. The van der Waals surface area contributed by atoms with Crippen molar-refractivity contribution < 1.29 is 18.9 Å². The number of benzene rings is 1. The van der Waals surface area contributed by atoms with Gasteiger partial charge in [0.15, 0.2) is 0 Å². The summed E-state index contributed by atoms with van der Waals surface area (Å²) >= 11 is 2.62. The molecule has 110 valence electrons. The van der Waals surface area contributed by atoms with E-state index in [0.29, 0.717) is 6.61 Å². The average molecular weight is 340 g/mol. The zero-order chi connectivity index (χ0) is 14.7. The van der Waals surface area contributed by atoms with Gasteiger partial charge in [0.05, 0.1) is 0 Å². The Morgan fingerprint density at radius 3 is 2.50 bits per heavy atom. The third kappa shape index (κ3) is 2.83. The summed E-state index contributed by atoms with van der Waals surface area (Å²) < 4.78 is 22.7. The van der Waals surface area contributed by atoms with Crippen LogP contribution in [-0.2, 0) is 22.5 Å². The van der Waals surface area contributed by atoms with E-state index >= 15 is 0 Å². The van der Waals surface area contributed by atoms with Crippen molar-refractivity contribution in [2.75, 3.05) is 27.9 Å². The summed E-state index contributed by atoms with van der Waals surface area (Å²) in [6.45, 7) is 3.39. The first-order valence-electron chi connectivity index (χ1n) is 6.69. The molecule has 1 aromatic rings. The number of fused-ring (bicyclic) bond motifs is 1. The van der Waals surface area contributed by atoms with Crippen LogP contribution in [0, 0.1) is 0 Å². The summed E-state index contributed by atoms with van der Waals surface area (Å²) in [5.41, 5.74) is 3.29. The Morgan fingerprint density at radius 1 is 1.20 bits per heavy atom. The molecule has 0 aromatic heterocycles. The molecule has 1 aromatic carbocycles. The van der Waals surface area contributed by atoms with Crippen molar-refractivity contribution in [2.45, 2.75) is 30.8 Å². The number of ether oxygens (including phenoxy) is 4. The molecule has 0 N–H and O–H groups in total. The Bertz CT molecular complexity index is 473. The van der Waals surface area contributed by atoms with Crippen LogP contribution >= 0.6 is 0 Å². The van der Waals surface area contributed by atoms with Crippen LogP contribution in [0.1, 0.15) is 29.7 Å². The molecule has 20 heavy (non-hydrogen) atoms. The van der Waals surface area contributed by atoms with Crippen LogP contribution in [-0.4, -0.2) is 44.8 Å². The van der Waals surface area contributed by atoms with Gasteiger partial charge < -0.3 is 0 Å². The maximum atomic E-state index is 5.65. The van der Waals surface area contributed by atoms with Crippen molar-refractivity contribution in [3.8, 4) is 11.5 Å². The minimum absolute atomic E-state index is 0.0499. The Kier molecular flexibility index (Phi) is 5.36. The molecular formula is C15H21AsO4. The molecule has 2 radical (unpaired) electrons. The van der Waals surface area contributed by atoms with Crippen molar-refractivity contribution in [1.82, 2.24) is 0 Å². The quantitative estimate of drug-likeness (QED) is 0.772. The predicted octanol–water partition coefficient (Wildman–Crippen LogP) is 2.44. The van der Waals surface area contributed by atoms with Crippen molar-refractivity contribution in [3.05, 3.63) is 22.8 Å². The summed E-state index contributed by atoms with van der Waals surface area (Å²) in [4.78, 5) is 0. The second kappa shape index (κ2) is 6.84. The molecule has 2 atom stereocenters. The molecule has 0 bridgehead atoms. The van der Waals surface area contributed by atoms with Gasteiger partial charge in [-0.2, -0.15) is 0 Å². The van der Waals surface area contributed by atoms with E-state index in [2.05, 4.69) is 23.8 Å². The normalized spacial score (nSPS) is 17.2. The van der Waals surface area contributed by atoms with Gasteiger partial charge in [0.1, 0.15) is 0 Å². The molecule has 1 aliphatic heterocycles. The summed E-state index contributed by atoms with van der Waals surface area (Å²) in [5, 5.41) is 0. The number of hydrogen-bond donors (Lipinski definition) is 0. The second-order valence-corrected chi connectivity index (χ2v) is 6.57. The fraction of sp³-hybridized carbons (Fsp3) is 0.600. The van der Waals surface area contributed by atoms with E-state index in [4.69, 9.17) is 18.9 Å². The monoisotopic (exact) mass is 340 g/mol. The van der Waals surface area contributed by atoms with Crippen molar-refractivity contribution >= 4 is 16.9 Å². The van der Waals surface area contributed by atoms with Crippen LogP contribution in [0.15, 0.2) is 6.07 Å². The van der Waals surface area contributed by atoms with Gasteiger partial charge in [0, 0.05) is 0 Å². The molecule has 1 aliphatic rings. The number of methoxy groups -OCH3 is 3. The first-order chi connectivity index (χ1) is 9.63. The van der Waals surface area contributed by atoms with Crippen molar-refractivity contribution in [3.63, 3.8) is 0 Å². The molecule has 2 rings (SSSR count). The fourth-order valence-corrected chi connectivity index (χ4v) is 3.34. The Morgan fingerprint density at radius 2 is 1.95 bits per heavy atom. The SMILES string of the molecule is COc1cc(C(OC)C(C)[As])c(OC)c2c1CCOC2. The standard InChI is InChI=1S/C15H21AsO4/c1-9(16)14(18-3)11-7-13(17-2)10-5-6-20-8-12(10)15(11)19-4/h7,9,14H,5-6,8H2,1-4H3. The molecule has 1 heterocycles. The Hall–Kier alpha value is -0.702. The predicted molar refractivity (Wildman–Crippen MR) is 77.8 cm³/mol. The van der Waals surface area contributed by atoms with Gasteiger partial charge in [0.2, 0.25) is 0 Å². The van der Waals surface area contributed by atoms with Gasteiger partial charge >= 0.3 is 129 Å². The van der Waals surface area contributed by atoms with E-state index in [1.165, 1.54) is 5.56 Å². The van der Waals surface area contributed by atoms with Crippen LogP contribution in [0.4, 0.5) is 0 Å². The molecule has 0 aliphatic carbocycles. The maximum absolute atomic E-state index is 5.65. The fourth-order valence-electron chi connectivity index (χ4n) is 2.75. The van der Waals surface area contributed by atoms with E-state index in [1.807, 2.05) is 6.07 Å². The minimum atomic E-state index is -0.0499. The molecule has 0 saturated heterocycles. The van der Waals surface area contributed by atoms with Gasteiger partial charge in [-0.15, -0.1) is 0 Å². The topological polar surface area (TPSA) is 36.9 Å².